The predicted molar refractivity (Wildman–Crippen MR) is 118 cm³/mol. The molecule has 1 amide bonds. The van der Waals surface area contributed by atoms with Crippen LogP contribution in [0.15, 0.2) is 72.8 Å². The monoisotopic (exact) mass is 432 g/mol. The van der Waals surface area contributed by atoms with E-state index >= 15 is 0 Å². The first kappa shape index (κ1) is 19.2. The highest BCUT2D eigenvalue weighted by Gasteiger charge is 2.19. The number of halogens is 2. The Labute approximate surface area is 179 Å². The number of fused-ring (bicyclic) bond motifs is 2. The maximum Gasteiger partial charge on any atom is 0.291 e. The van der Waals surface area contributed by atoms with Crippen molar-refractivity contribution in [2.45, 2.75) is 6.43 Å². The van der Waals surface area contributed by atoms with Crippen LogP contribution in [0, 0.1) is 0 Å². The molecule has 0 bridgehead atoms. The van der Waals surface area contributed by atoms with Gasteiger partial charge in [0.25, 0.3) is 12.3 Å². The molecule has 0 aliphatic carbocycles. The predicted octanol–water partition coefficient (Wildman–Crippen LogP) is 6.10. The Kier molecular flexibility index (Phi) is 4.83. The topological polar surface area (TPSA) is 67.8 Å². The summed E-state index contributed by atoms with van der Waals surface area (Å²) in [7, 11) is 0. The number of anilines is 1. The average Bonchev–Trinajstić information content (AvgIpc) is 3.27. The number of benzene rings is 3. The zero-order chi connectivity index (χ0) is 21.4. The van der Waals surface area contributed by atoms with Gasteiger partial charge in [-0.25, -0.2) is 13.8 Å². The van der Waals surface area contributed by atoms with Gasteiger partial charge in [0, 0.05) is 10.9 Å². The van der Waals surface area contributed by atoms with E-state index in [9.17, 15) is 13.6 Å². The lowest BCUT2D eigenvalue weighted by atomic mass is 9.99. The third kappa shape index (κ3) is 3.62. The molecule has 5 nitrogen and oxygen atoms in total. The Bertz CT molecular complexity index is 1430. The van der Waals surface area contributed by atoms with Crippen LogP contribution < -0.4 is 5.32 Å². The van der Waals surface area contributed by atoms with E-state index in [1.165, 1.54) is 0 Å². The lowest BCUT2D eigenvalue weighted by Gasteiger charge is -2.11. The quantitative estimate of drug-likeness (QED) is 0.373. The fourth-order valence-electron chi connectivity index (χ4n) is 3.49. The summed E-state index contributed by atoms with van der Waals surface area (Å²) >= 11 is 0.652. The van der Waals surface area contributed by atoms with Crippen LogP contribution in [0.2, 0.25) is 0 Å². The molecule has 0 atom stereocenters. The Morgan fingerprint density at radius 3 is 2.45 bits per heavy atom. The minimum Gasteiger partial charge on any atom is -0.296 e. The summed E-state index contributed by atoms with van der Waals surface area (Å²) in [5.41, 5.74) is 2.57. The number of rotatable bonds is 4. The summed E-state index contributed by atoms with van der Waals surface area (Å²) in [4.78, 5) is 17.8. The van der Waals surface area contributed by atoms with Gasteiger partial charge in [0.15, 0.2) is 5.01 Å². The molecule has 2 aromatic heterocycles. The Balaban J connectivity index is 1.63. The summed E-state index contributed by atoms with van der Waals surface area (Å²) in [5, 5.41) is 12.0. The number of carbonyl (C=O) groups is 1. The highest BCUT2D eigenvalue weighted by Crippen LogP contribution is 2.31. The number of aromatic nitrogens is 3. The molecule has 0 aliphatic heterocycles. The van der Waals surface area contributed by atoms with Crippen molar-refractivity contribution in [3.63, 3.8) is 0 Å². The molecule has 0 saturated heterocycles. The van der Waals surface area contributed by atoms with Crippen molar-refractivity contribution in [2.24, 2.45) is 0 Å². The number of nitrogens with one attached hydrogen (secondary N) is 1. The van der Waals surface area contributed by atoms with Gasteiger partial charge in [-0.15, -0.1) is 10.2 Å². The summed E-state index contributed by atoms with van der Waals surface area (Å²) in [6.07, 6.45) is -2.73. The van der Waals surface area contributed by atoms with Gasteiger partial charge in [0.05, 0.1) is 16.8 Å². The van der Waals surface area contributed by atoms with Crippen molar-refractivity contribution in [1.29, 1.82) is 0 Å². The molecule has 0 radical (unpaired) electrons. The minimum atomic E-state index is -2.73. The average molecular weight is 432 g/mol. The summed E-state index contributed by atoms with van der Waals surface area (Å²) in [5.74, 6) is -0.461. The zero-order valence-electron chi connectivity index (χ0n) is 15.9. The molecule has 0 fully saturated rings. The SMILES string of the molecule is O=C(Nc1nnc(C(F)F)s1)c1cc(-c2cccc3ccccc23)nc2ccccc12. The normalized spacial score (nSPS) is 11.3. The molecule has 5 rings (SSSR count). The molecule has 152 valence electrons. The number of pyridine rings is 1. The van der Waals surface area contributed by atoms with Gasteiger partial charge < -0.3 is 0 Å². The highest BCUT2D eigenvalue weighted by atomic mass is 32.1. The molecule has 0 aliphatic rings. The van der Waals surface area contributed by atoms with E-state index in [-0.39, 0.29) is 5.13 Å². The summed E-state index contributed by atoms with van der Waals surface area (Å²) in [6, 6.07) is 22.9. The summed E-state index contributed by atoms with van der Waals surface area (Å²) < 4.78 is 25.6. The molecular formula is C23H14F2N4OS. The first-order chi connectivity index (χ1) is 15.1. The van der Waals surface area contributed by atoms with Crippen molar-refractivity contribution < 1.29 is 13.6 Å². The third-order valence-electron chi connectivity index (χ3n) is 4.87. The largest absolute Gasteiger partial charge is 0.296 e. The zero-order valence-corrected chi connectivity index (χ0v) is 16.7. The van der Waals surface area contributed by atoms with Gasteiger partial charge in [-0.2, -0.15) is 0 Å². The third-order valence-corrected chi connectivity index (χ3v) is 5.72. The number of hydrogen-bond donors (Lipinski definition) is 1. The second kappa shape index (κ2) is 7.81. The van der Waals surface area contributed by atoms with Crippen LogP contribution >= 0.6 is 11.3 Å². The van der Waals surface area contributed by atoms with Crippen LogP contribution in [-0.2, 0) is 0 Å². The second-order valence-corrected chi connectivity index (χ2v) is 7.81. The fourth-order valence-corrected chi connectivity index (χ4v) is 4.08. The number of hydrogen-bond acceptors (Lipinski definition) is 5. The number of alkyl halides is 2. The maximum absolute atomic E-state index is 13.1. The standard InChI is InChI=1S/C23H14F2N4OS/c24-20(25)22-28-29-23(31-22)27-21(30)17-12-19(26-18-11-4-3-9-16(17)18)15-10-5-7-13-6-1-2-8-14(13)15/h1-12,20H,(H,27,29,30). The van der Waals surface area contributed by atoms with E-state index in [2.05, 4.69) is 15.5 Å². The minimum absolute atomic E-state index is 0.0212. The Morgan fingerprint density at radius 2 is 1.65 bits per heavy atom. The molecule has 31 heavy (non-hydrogen) atoms. The highest BCUT2D eigenvalue weighted by molar-refractivity contribution is 7.15. The van der Waals surface area contributed by atoms with E-state index in [0.717, 1.165) is 16.3 Å². The lowest BCUT2D eigenvalue weighted by molar-refractivity contribution is 0.102. The number of amides is 1. The van der Waals surface area contributed by atoms with E-state index in [0.29, 0.717) is 33.5 Å². The van der Waals surface area contributed by atoms with E-state index < -0.39 is 17.3 Å². The molecule has 3 aromatic carbocycles. The van der Waals surface area contributed by atoms with Gasteiger partial charge in [-0.05, 0) is 22.9 Å². The molecule has 0 spiro atoms. The van der Waals surface area contributed by atoms with Crippen molar-refractivity contribution in [3.05, 3.63) is 83.4 Å². The number of para-hydroxylation sites is 1. The van der Waals surface area contributed by atoms with Crippen LogP contribution in [0.4, 0.5) is 13.9 Å². The molecular weight excluding hydrogens is 418 g/mol. The first-order valence-electron chi connectivity index (χ1n) is 9.41. The smallest absolute Gasteiger partial charge is 0.291 e. The van der Waals surface area contributed by atoms with Crippen LogP contribution in [0.25, 0.3) is 32.9 Å². The van der Waals surface area contributed by atoms with Gasteiger partial charge in [-0.3, -0.25) is 10.1 Å². The van der Waals surface area contributed by atoms with Gasteiger partial charge >= 0.3 is 0 Å². The lowest BCUT2D eigenvalue weighted by Crippen LogP contribution is -2.13. The van der Waals surface area contributed by atoms with E-state index in [1.807, 2.05) is 60.7 Å². The van der Waals surface area contributed by atoms with Crippen molar-refractivity contribution >= 4 is 44.1 Å². The second-order valence-electron chi connectivity index (χ2n) is 6.80. The number of carbonyl (C=O) groups excluding carboxylic acids is 1. The molecule has 5 aromatic rings. The summed E-state index contributed by atoms with van der Waals surface area (Å²) in [6.45, 7) is 0. The molecule has 0 unspecified atom stereocenters. The molecule has 8 heteroatoms. The van der Waals surface area contributed by atoms with E-state index in [4.69, 9.17) is 4.98 Å². The van der Waals surface area contributed by atoms with Gasteiger partial charge in [0.2, 0.25) is 5.13 Å². The maximum atomic E-state index is 13.1. The molecule has 0 saturated carbocycles. The van der Waals surface area contributed by atoms with E-state index in [1.54, 1.807) is 12.1 Å². The van der Waals surface area contributed by atoms with Crippen LogP contribution in [-0.4, -0.2) is 21.1 Å². The van der Waals surface area contributed by atoms with Crippen molar-refractivity contribution in [1.82, 2.24) is 15.2 Å². The molecule has 1 N–H and O–H groups in total. The Hall–Kier alpha value is -3.78. The van der Waals surface area contributed by atoms with Crippen molar-refractivity contribution in [2.75, 3.05) is 5.32 Å². The molecule has 2 heterocycles. The van der Waals surface area contributed by atoms with Crippen LogP contribution in [0.1, 0.15) is 21.8 Å². The van der Waals surface area contributed by atoms with Gasteiger partial charge in [0.1, 0.15) is 0 Å². The fraction of sp³-hybridized carbons (Fsp3) is 0.0435. The first-order valence-corrected chi connectivity index (χ1v) is 10.2. The Morgan fingerprint density at radius 1 is 0.903 bits per heavy atom. The van der Waals surface area contributed by atoms with Crippen molar-refractivity contribution in [3.8, 4) is 11.3 Å². The van der Waals surface area contributed by atoms with Crippen LogP contribution in [0.5, 0.6) is 0 Å². The number of nitrogens with zero attached hydrogens (tertiary/aromatic N) is 3. The van der Waals surface area contributed by atoms with Gasteiger partial charge in [-0.1, -0.05) is 72.0 Å². The van der Waals surface area contributed by atoms with Crippen LogP contribution in [0.3, 0.4) is 0 Å².